The summed E-state index contributed by atoms with van der Waals surface area (Å²) in [5, 5.41) is 3.58. The molecule has 1 aromatic rings. The Morgan fingerprint density at radius 1 is 1.44 bits per heavy atom. The summed E-state index contributed by atoms with van der Waals surface area (Å²) in [6, 6.07) is 2.36. The molecule has 0 radical (unpaired) electrons. The summed E-state index contributed by atoms with van der Waals surface area (Å²) in [5.74, 6) is 1.13. The number of amides is 1. The molecule has 5 nitrogen and oxygen atoms in total. The number of rotatable bonds is 7. The molecule has 1 amide bonds. The van der Waals surface area contributed by atoms with Gasteiger partial charge in [0.2, 0.25) is 5.91 Å². The molecular formula is C21H30ClN3O2. The number of hydrogen-bond donors (Lipinski definition) is 1. The Hall–Kier alpha value is -1.59. The number of hydrogen-bond acceptors (Lipinski definition) is 4. The Morgan fingerprint density at radius 2 is 2.22 bits per heavy atom. The molecule has 0 aromatic carbocycles. The van der Waals surface area contributed by atoms with Crippen molar-refractivity contribution in [3.05, 3.63) is 29.1 Å². The van der Waals surface area contributed by atoms with Gasteiger partial charge in [-0.2, -0.15) is 0 Å². The van der Waals surface area contributed by atoms with Crippen LogP contribution >= 0.6 is 11.6 Å². The van der Waals surface area contributed by atoms with E-state index in [0.29, 0.717) is 29.4 Å². The van der Waals surface area contributed by atoms with Gasteiger partial charge in [0.1, 0.15) is 6.10 Å². The first-order valence-electron chi connectivity index (χ1n) is 10.0. The van der Waals surface area contributed by atoms with Crippen LogP contribution in [0.3, 0.4) is 0 Å². The quantitative estimate of drug-likeness (QED) is 0.716. The van der Waals surface area contributed by atoms with Gasteiger partial charge >= 0.3 is 0 Å². The second-order valence-corrected chi connectivity index (χ2v) is 8.04. The number of halogens is 1. The number of nitrogens with one attached hydrogen (secondary N) is 1. The zero-order valence-electron chi connectivity index (χ0n) is 16.3. The van der Waals surface area contributed by atoms with Crippen molar-refractivity contribution in [3.8, 4) is 5.75 Å². The highest BCUT2D eigenvalue weighted by Gasteiger charge is 2.33. The molecule has 2 aliphatic rings. The molecule has 1 saturated heterocycles. The fourth-order valence-corrected chi connectivity index (χ4v) is 3.93. The Labute approximate surface area is 167 Å². The van der Waals surface area contributed by atoms with Crippen LogP contribution in [0.15, 0.2) is 18.3 Å². The van der Waals surface area contributed by atoms with E-state index in [9.17, 15) is 4.79 Å². The van der Waals surface area contributed by atoms with Crippen molar-refractivity contribution in [1.29, 1.82) is 0 Å². The second-order valence-electron chi connectivity index (χ2n) is 7.68. The minimum absolute atomic E-state index is 0.0156. The van der Waals surface area contributed by atoms with E-state index in [1.54, 1.807) is 6.20 Å². The van der Waals surface area contributed by atoms with E-state index in [0.717, 1.165) is 37.8 Å². The molecule has 1 aliphatic carbocycles. The van der Waals surface area contributed by atoms with E-state index < -0.39 is 0 Å². The number of carbonyl (C=O) groups excluding carboxylic acids is 1. The van der Waals surface area contributed by atoms with E-state index in [4.69, 9.17) is 16.3 Å². The highest BCUT2D eigenvalue weighted by molar-refractivity contribution is 6.30. The molecule has 1 aromatic heterocycles. The average molecular weight is 392 g/mol. The lowest BCUT2D eigenvalue weighted by atomic mass is 10.1. The number of ether oxygens (including phenoxy) is 1. The smallest absolute Gasteiger partial charge is 0.225 e. The molecule has 27 heavy (non-hydrogen) atoms. The van der Waals surface area contributed by atoms with Crippen molar-refractivity contribution in [2.24, 2.45) is 5.92 Å². The maximum Gasteiger partial charge on any atom is 0.225 e. The van der Waals surface area contributed by atoms with Gasteiger partial charge in [0, 0.05) is 31.1 Å². The Bertz CT molecular complexity index is 673. The topological polar surface area (TPSA) is 54.5 Å². The SMILES string of the molecule is CN[C@@H](C)CC=Cc1cnc(Cl)c(O[C@H]2CCN(C(=O)C3CCCC3)C2)c1. The van der Waals surface area contributed by atoms with Crippen molar-refractivity contribution in [2.45, 2.75) is 57.6 Å². The number of aromatic nitrogens is 1. The predicted molar refractivity (Wildman–Crippen MR) is 109 cm³/mol. The van der Waals surface area contributed by atoms with Gasteiger partial charge in [-0.15, -0.1) is 0 Å². The van der Waals surface area contributed by atoms with Crippen molar-refractivity contribution in [1.82, 2.24) is 15.2 Å². The molecule has 2 fully saturated rings. The van der Waals surface area contributed by atoms with Crippen LogP contribution in [0.2, 0.25) is 5.15 Å². The molecular weight excluding hydrogens is 362 g/mol. The lowest BCUT2D eigenvalue weighted by Gasteiger charge is -2.20. The largest absolute Gasteiger partial charge is 0.485 e. The van der Waals surface area contributed by atoms with Gasteiger partial charge in [0.25, 0.3) is 0 Å². The summed E-state index contributed by atoms with van der Waals surface area (Å²) >= 11 is 6.23. The van der Waals surface area contributed by atoms with E-state index >= 15 is 0 Å². The van der Waals surface area contributed by atoms with Crippen molar-refractivity contribution < 1.29 is 9.53 Å². The molecule has 2 atom stereocenters. The Balaban J connectivity index is 1.57. The van der Waals surface area contributed by atoms with Crippen molar-refractivity contribution in [3.63, 3.8) is 0 Å². The lowest BCUT2D eigenvalue weighted by Crippen LogP contribution is -2.34. The van der Waals surface area contributed by atoms with E-state index in [1.165, 1.54) is 12.8 Å². The molecule has 0 spiro atoms. The fraction of sp³-hybridized carbons (Fsp3) is 0.619. The first-order valence-corrected chi connectivity index (χ1v) is 10.4. The number of nitrogens with zero attached hydrogens (tertiary/aromatic N) is 2. The van der Waals surface area contributed by atoms with Gasteiger partial charge in [-0.25, -0.2) is 4.98 Å². The minimum atomic E-state index is -0.0156. The van der Waals surface area contributed by atoms with Crippen LogP contribution in [0.4, 0.5) is 0 Å². The van der Waals surface area contributed by atoms with Crippen LogP contribution in [0, 0.1) is 5.92 Å². The fourth-order valence-electron chi connectivity index (χ4n) is 3.78. The highest BCUT2D eigenvalue weighted by atomic mass is 35.5. The first-order chi connectivity index (χ1) is 13.1. The van der Waals surface area contributed by atoms with E-state index in [2.05, 4.69) is 23.3 Å². The average Bonchev–Trinajstić information content (AvgIpc) is 3.35. The lowest BCUT2D eigenvalue weighted by molar-refractivity contribution is -0.134. The molecule has 1 N–H and O–H groups in total. The third-order valence-corrected chi connectivity index (χ3v) is 5.86. The summed E-state index contributed by atoms with van der Waals surface area (Å²) in [6.45, 7) is 3.55. The zero-order valence-corrected chi connectivity index (χ0v) is 17.0. The van der Waals surface area contributed by atoms with Crippen LogP contribution in [0.1, 0.15) is 51.0 Å². The molecule has 2 heterocycles. The van der Waals surface area contributed by atoms with Gasteiger partial charge in [0.05, 0.1) is 6.54 Å². The Morgan fingerprint density at radius 3 is 2.96 bits per heavy atom. The van der Waals surface area contributed by atoms with E-state index in [1.807, 2.05) is 24.1 Å². The van der Waals surface area contributed by atoms with E-state index in [-0.39, 0.29) is 12.0 Å². The maximum absolute atomic E-state index is 12.6. The summed E-state index contributed by atoms with van der Waals surface area (Å²) in [6.07, 6.45) is 12.1. The zero-order chi connectivity index (χ0) is 19.2. The van der Waals surface area contributed by atoms with Crippen LogP contribution in [0.25, 0.3) is 6.08 Å². The summed E-state index contributed by atoms with van der Waals surface area (Å²) in [7, 11) is 1.96. The van der Waals surface area contributed by atoms with Crippen molar-refractivity contribution >= 4 is 23.6 Å². The molecule has 6 heteroatoms. The highest BCUT2D eigenvalue weighted by Crippen LogP contribution is 2.30. The normalized spacial score (nSPS) is 21.9. The molecule has 1 aliphatic heterocycles. The summed E-state index contributed by atoms with van der Waals surface area (Å²) in [5.41, 5.74) is 0.967. The summed E-state index contributed by atoms with van der Waals surface area (Å²) in [4.78, 5) is 18.8. The molecule has 0 unspecified atom stereocenters. The van der Waals surface area contributed by atoms with Crippen LogP contribution in [-0.4, -0.2) is 48.1 Å². The van der Waals surface area contributed by atoms with Gasteiger partial charge in [0.15, 0.2) is 10.9 Å². The number of pyridine rings is 1. The van der Waals surface area contributed by atoms with Crippen molar-refractivity contribution in [2.75, 3.05) is 20.1 Å². The molecule has 148 valence electrons. The third kappa shape index (κ3) is 5.45. The molecule has 0 bridgehead atoms. The Kier molecular flexibility index (Phi) is 7.13. The van der Waals surface area contributed by atoms with Gasteiger partial charge in [-0.05, 0) is 44.9 Å². The van der Waals surface area contributed by atoms with Gasteiger partial charge < -0.3 is 15.0 Å². The van der Waals surface area contributed by atoms with Gasteiger partial charge in [-0.3, -0.25) is 4.79 Å². The maximum atomic E-state index is 12.6. The predicted octanol–water partition coefficient (Wildman–Crippen LogP) is 3.92. The number of likely N-dealkylation sites (tertiary alicyclic amines) is 1. The monoisotopic (exact) mass is 391 g/mol. The summed E-state index contributed by atoms with van der Waals surface area (Å²) < 4.78 is 6.10. The minimum Gasteiger partial charge on any atom is -0.485 e. The first kappa shape index (κ1) is 20.2. The second kappa shape index (κ2) is 9.56. The van der Waals surface area contributed by atoms with Crippen LogP contribution < -0.4 is 10.1 Å². The third-order valence-electron chi connectivity index (χ3n) is 5.58. The van der Waals surface area contributed by atoms with Crippen LogP contribution in [0.5, 0.6) is 5.75 Å². The number of carbonyl (C=O) groups is 1. The molecule has 1 saturated carbocycles. The van der Waals surface area contributed by atoms with Crippen LogP contribution in [-0.2, 0) is 4.79 Å². The molecule has 3 rings (SSSR count). The standard InChI is InChI=1S/C21H30ClN3O2/c1-15(23-2)6-5-7-16-12-19(20(22)24-13-16)27-18-10-11-25(14-18)21(26)17-8-3-4-9-17/h5,7,12-13,15,17-18,23H,3-4,6,8-11,14H2,1-2H3/t15-,18-/m0/s1. The van der Waals surface area contributed by atoms with Gasteiger partial charge in [-0.1, -0.05) is 36.6 Å².